The van der Waals surface area contributed by atoms with Crippen LogP contribution in [0.1, 0.15) is 29.6 Å². The molecule has 0 spiro atoms. The highest BCUT2D eigenvalue weighted by Crippen LogP contribution is 2.27. The molecule has 0 aliphatic carbocycles. The van der Waals surface area contributed by atoms with Crippen molar-refractivity contribution < 1.29 is 18.7 Å². The molecule has 2 aromatic rings. The normalized spacial score (nSPS) is 10.7. The lowest BCUT2D eigenvalue weighted by atomic mass is 10.2. The van der Waals surface area contributed by atoms with Crippen molar-refractivity contribution in [3.63, 3.8) is 0 Å². The molecule has 4 nitrogen and oxygen atoms in total. The van der Waals surface area contributed by atoms with Gasteiger partial charge in [-0.2, -0.15) is 0 Å². The monoisotopic (exact) mass is 283 g/mol. The van der Waals surface area contributed by atoms with E-state index in [1.165, 1.54) is 18.2 Å². The van der Waals surface area contributed by atoms with Crippen LogP contribution in [-0.2, 0) is 6.42 Å². The summed E-state index contributed by atoms with van der Waals surface area (Å²) in [5.41, 5.74) is 0.363. The Bertz CT molecular complexity index is 624. The van der Waals surface area contributed by atoms with Crippen molar-refractivity contribution >= 4 is 17.6 Å². The van der Waals surface area contributed by atoms with Crippen LogP contribution in [0.15, 0.2) is 22.6 Å². The summed E-state index contributed by atoms with van der Waals surface area (Å²) in [7, 11) is 0. The molecule has 0 saturated heterocycles. The molecule has 1 N–H and O–H groups in total. The van der Waals surface area contributed by atoms with E-state index >= 15 is 0 Å². The number of oxazole rings is 1. The predicted molar refractivity (Wildman–Crippen MR) is 67.9 cm³/mol. The Morgan fingerprint density at radius 2 is 2.26 bits per heavy atom. The zero-order chi connectivity index (χ0) is 14.0. The van der Waals surface area contributed by atoms with Gasteiger partial charge < -0.3 is 9.52 Å². The highest BCUT2D eigenvalue weighted by Gasteiger charge is 2.21. The van der Waals surface area contributed by atoms with E-state index in [9.17, 15) is 9.18 Å². The number of aromatic nitrogens is 1. The Kier molecular flexibility index (Phi) is 3.85. The lowest BCUT2D eigenvalue weighted by molar-refractivity contribution is 0.0661. The summed E-state index contributed by atoms with van der Waals surface area (Å²) in [6.45, 7) is 1.89. The minimum Gasteiger partial charge on any atom is -0.475 e. The van der Waals surface area contributed by atoms with Crippen molar-refractivity contribution in [1.82, 2.24) is 4.98 Å². The Balaban J connectivity index is 2.53. The van der Waals surface area contributed by atoms with Gasteiger partial charge in [-0.05, 0) is 24.6 Å². The fraction of sp³-hybridized carbons (Fsp3) is 0.231. The summed E-state index contributed by atoms with van der Waals surface area (Å²) in [5, 5.41) is 9.35. The van der Waals surface area contributed by atoms with Crippen LogP contribution in [-0.4, -0.2) is 16.1 Å². The van der Waals surface area contributed by atoms with E-state index in [0.717, 1.165) is 0 Å². The molecule has 6 heteroatoms. The number of hydrogen-bond donors (Lipinski definition) is 1. The summed E-state index contributed by atoms with van der Waals surface area (Å²) < 4.78 is 18.8. The van der Waals surface area contributed by atoms with Crippen LogP contribution in [0.4, 0.5) is 4.39 Å². The maximum atomic E-state index is 13.7. The van der Waals surface area contributed by atoms with Crippen LogP contribution in [0, 0.1) is 5.82 Å². The third-order valence-corrected chi connectivity index (χ3v) is 2.77. The molecule has 0 radical (unpaired) electrons. The Hall–Kier alpha value is -1.88. The first-order valence-electron chi connectivity index (χ1n) is 5.71. The highest BCUT2D eigenvalue weighted by atomic mass is 35.5. The van der Waals surface area contributed by atoms with Gasteiger partial charge in [-0.25, -0.2) is 14.2 Å². The number of carboxylic acids is 1. The summed E-state index contributed by atoms with van der Waals surface area (Å²) in [5.74, 6) is -2.10. The van der Waals surface area contributed by atoms with Gasteiger partial charge in [0.1, 0.15) is 5.82 Å². The molecule has 0 bridgehead atoms. The number of halogens is 2. The molecular formula is C13H11ClFNO3. The van der Waals surface area contributed by atoms with Crippen molar-refractivity contribution in [2.45, 2.75) is 19.8 Å². The van der Waals surface area contributed by atoms with E-state index < -0.39 is 11.8 Å². The SMILES string of the molecule is CCCc1nc(-c2cc(Cl)ccc2F)oc1C(=O)O. The van der Waals surface area contributed by atoms with Crippen LogP contribution in [0.3, 0.4) is 0 Å². The van der Waals surface area contributed by atoms with E-state index in [-0.39, 0.29) is 17.2 Å². The quantitative estimate of drug-likeness (QED) is 0.927. The van der Waals surface area contributed by atoms with E-state index in [4.69, 9.17) is 21.1 Å². The van der Waals surface area contributed by atoms with E-state index in [2.05, 4.69) is 4.98 Å². The van der Waals surface area contributed by atoms with Crippen molar-refractivity contribution in [3.8, 4) is 11.5 Å². The molecule has 0 saturated carbocycles. The molecule has 1 aromatic heterocycles. The fourth-order valence-electron chi connectivity index (χ4n) is 1.70. The highest BCUT2D eigenvalue weighted by molar-refractivity contribution is 6.30. The zero-order valence-electron chi connectivity index (χ0n) is 10.1. The molecule has 0 unspecified atom stereocenters. The van der Waals surface area contributed by atoms with Gasteiger partial charge in [-0.15, -0.1) is 0 Å². The molecule has 19 heavy (non-hydrogen) atoms. The predicted octanol–water partition coefficient (Wildman–Crippen LogP) is 3.78. The molecule has 2 rings (SSSR count). The van der Waals surface area contributed by atoms with Gasteiger partial charge in [0.2, 0.25) is 11.7 Å². The number of nitrogens with zero attached hydrogens (tertiary/aromatic N) is 1. The maximum absolute atomic E-state index is 13.7. The molecule has 0 amide bonds. The molecule has 0 aliphatic rings. The Morgan fingerprint density at radius 1 is 1.53 bits per heavy atom. The Labute approximate surface area is 113 Å². The zero-order valence-corrected chi connectivity index (χ0v) is 10.9. The van der Waals surface area contributed by atoms with E-state index in [1.807, 2.05) is 6.92 Å². The van der Waals surface area contributed by atoms with Gasteiger partial charge in [-0.3, -0.25) is 0 Å². The number of carbonyl (C=O) groups is 1. The van der Waals surface area contributed by atoms with Crippen molar-refractivity contribution in [3.05, 3.63) is 40.5 Å². The molecule has 0 aliphatic heterocycles. The third-order valence-electron chi connectivity index (χ3n) is 2.54. The standard InChI is InChI=1S/C13H11ClFNO3/c1-2-3-10-11(13(17)18)19-12(16-10)8-6-7(14)4-5-9(8)15/h4-6H,2-3H2,1H3,(H,17,18). The number of rotatable bonds is 4. The first-order chi connectivity index (χ1) is 9.02. The first kappa shape index (κ1) is 13.5. The molecular weight excluding hydrogens is 273 g/mol. The summed E-state index contributed by atoms with van der Waals surface area (Å²) in [4.78, 5) is 15.1. The largest absolute Gasteiger partial charge is 0.475 e. The second-order valence-corrected chi connectivity index (χ2v) is 4.41. The molecule has 100 valence electrons. The van der Waals surface area contributed by atoms with Gasteiger partial charge in [-0.1, -0.05) is 24.9 Å². The van der Waals surface area contributed by atoms with Crippen LogP contribution in [0.2, 0.25) is 5.02 Å². The van der Waals surface area contributed by atoms with Crippen LogP contribution in [0.25, 0.3) is 11.5 Å². The maximum Gasteiger partial charge on any atom is 0.373 e. The molecule has 0 atom stereocenters. The van der Waals surface area contributed by atoms with Crippen LogP contribution < -0.4 is 0 Å². The summed E-state index contributed by atoms with van der Waals surface area (Å²) >= 11 is 5.78. The van der Waals surface area contributed by atoms with Crippen molar-refractivity contribution in [2.24, 2.45) is 0 Å². The first-order valence-corrected chi connectivity index (χ1v) is 6.09. The second-order valence-electron chi connectivity index (χ2n) is 3.97. The minimum atomic E-state index is -1.22. The number of carboxylic acid groups (broad SMARTS) is 1. The minimum absolute atomic E-state index is 0.0531. The summed E-state index contributed by atoms with van der Waals surface area (Å²) in [6.07, 6.45) is 1.16. The number of benzene rings is 1. The average Bonchev–Trinajstić information content (AvgIpc) is 2.77. The second kappa shape index (κ2) is 5.40. The molecule has 1 aromatic carbocycles. The number of aromatic carboxylic acids is 1. The smallest absolute Gasteiger partial charge is 0.373 e. The van der Waals surface area contributed by atoms with Crippen molar-refractivity contribution in [1.29, 1.82) is 0 Å². The van der Waals surface area contributed by atoms with Crippen LogP contribution >= 0.6 is 11.6 Å². The fourth-order valence-corrected chi connectivity index (χ4v) is 1.87. The number of aryl methyl sites for hydroxylation is 1. The third kappa shape index (κ3) is 2.76. The number of hydrogen-bond acceptors (Lipinski definition) is 3. The van der Waals surface area contributed by atoms with Crippen LogP contribution in [0.5, 0.6) is 0 Å². The van der Waals surface area contributed by atoms with Gasteiger partial charge >= 0.3 is 5.97 Å². The topological polar surface area (TPSA) is 63.3 Å². The van der Waals surface area contributed by atoms with Gasteiger partial charge in [0.15, 0.2) is 0 Å². The van der Waals surface area contributed by atoms with Crippen molar-refractivity contribution in [2.75, 3.05) is 0 Å². The van der Waals surface area contributed by atoms with E-state index in [0.29, 0.717) is 23.6 Å². The lowest BCUT2D eigenvalue weighted by Gasteiger charge is -1.98. The summed E-state index contributed by atoms with van der Waals surface area (Å²) in [6, 6.07) is 3.93. The molecule has 1 heterocycles. The van der Waals surface area contributed by atoms with Gasteiger partial charge in [0, 0.05) is 5.02 Å². The molecule has 0 fully saturated rings. The lowest BCUT2D eigenvalue weighted by Crippen LogP contribution is -1.99. The average molecular weight is 284 g/mol. The van der Waals surface area contributed by atoms with E-state index in [1.54, 1.807) is 0 Å². The van der Waals surface area contributed by atoms with Gasteiger partial charge in [0.05, 0.1) is 11.3 Å². The Morgan fingerprint density at radius 3 is 2.89 bits per heavy atom. The van der Waals surface area contributed by atoms with Gasteiger partial charge in [0.25, 0.3) is 0 Å².